The Hall–Kier alpha value is -1.91. The van der Waals surface area contributed by atoms with Crippen molar-refractivity contribution in [2.75, 3.05) is 4.72 Å². The first kappa shape index (κ1) is 13.5. The maximum atomic E-state index is 13.1. The summed E-state index contributed by atoms with van der Waals surface area (Å²) >= 11 is 0.881. The van der Waals surface area contributed by atoms with Crippen LogP contribution in [-0.4, -0.2) is 8.42 Å². The molecule has 0 aliphatic rings. The predicted molar refractivity (Wildman–Crippen MR) is 71.0 cm³/mol. The minimum absolute atomic E-state index is 0.0472. The van der Waals surface area contributed by atoms with Crippen LogP contribution in [0.2, 0.25) is 0 Å². The van der Waals surface area contributed by atoms with Crippen molar-refractivity contribution in [2.24, 2.45) is 0 Å². The Bertz CT molecular complexity index is 760. The molecule has 0 radical (unpaired) electrons. The molecule has 0 bridgehead atoms. The SMILES string of the molecule is Cc1cc(NS(=O)(=O)c2ccc(C#N)s2)ccc1F. The van der Waals surface area contributed by atoms with Crippen LogP contribution in [0.5, 0.6) is 0 Å². The van der Waals surface area contributed by atoms with E-state index in [1.807, 2.05) is 6.07 Å². The fraction of sp³-hybridized carbons (Fsp3) is 0.0833. The highest BCUT2D eigenvalue weighted by atomic mass is 32.2. The van der Waals surface area contributed by atoms with Gasteiger partial charge in [-0.3, -0.25) is 4.72 Å². The minimum atomic E-state index is -3.74. The smallest absolute Gasteiger partial charge is 0.271 e. The summed E-state index contributed by atoms with van der Waals surface area (Å²) in [6.07, 6.45) is 0. The van der Waals surface area contributed by atoms with Crippen LogP contribution in [0, 0.1) is 24.1 Å². The van der Waals surface area contributed by atoms with E-state index in [4.69, 9.17) is 5.26 Å². The number of thiophene rings is 1. The van der Waals surface area contributed by atoms with Crippen molar-refractivity contribution in [1.82, 2.24) is 0 Å². The van der Waals surface area contributed by atoms with Gasteiger partial charge in [0.2, 0.25) is 0 Å². The van der Waals surface area contributed by atoms with E-state index in [9.17, 15) is 12.8 Å². The number of halogens is 1. The summed E-state index contributed by atoms with van der Waals surface area (Å²) in [5.74, 6) is -0.397. The topological polar surface area (TPSA) is 70.0 Å². The van der Waals surface area contributed by atoms with Gasteiger partial charge in [-0.15, -0.1) is 11.3 Å². The normalized spacial score (nSPS) is 11.0. The highest BCUT2D eigenvalue weighted by molar-refractivity contribution is 7.94. The van der Waals surface area contributed by atoms with Crippen molar-refractivity contribution < 1.29 is 12.8 Å². The van der Waals surface area contributed by atoms with Crippen LogP contribution >= 0.6 is 11.3 Å². The summed E-state index contributed by atoms with van der Waals surface area (Å²) in [5, 5.41) is 8.68. The van der Waals surface area contributed by atoms with Gasteiger partial charge in [0.1, 0.15) is 21.0 Å². The first-order valence-corrected chi connectivity index (χ1v) is 7.51. The van der Waals surface area contributed by atoms with Gasteiger partial charge in [-0.05, 0) is 42.8 Å². The second-order valence-electron chi connectivity index (χ2n) is 3.80. The molecule has 1 aromatic carbocycles. The third kappa shape index (κ3) is 2.92. The van der Waals surface area contributed by atoms with Crippen molar-refractivity contribution in [2.45, 2.75) is 11.1 Å². The molecule has 0 saturated heterocycles. The number of nitriles is 1. The molecule has 0 unspecified atom stereocenters. The Labute approximate surface area is 114 Å². The molecule has 0 atom stereocenters. The Kier molecular flexibility index (Phi) is 3.55. The molecule has 0 aliphatic heterocycles. The summed E-state index contributed by atoms with van der Waals surface area (Å²) in [6.45, 7) is 1.55. The molecule has 4 nitrogen and oxygen atoms in total. The fourth-order valence-corrected chi connectivity index (χ4v) is 3.59. The molecule has 1 heterocycles. The van der Waals surface area contributed by atoms with Gasteiger partial charge in [-0.25, -0.2) is 12.8 Å². The van der Waals surface area contributed by atoms with Gasteiger partial charge < -0.3 is 0 Å². The Morgan fingerprint density at radius 1 is 1.32 bits per heavy atom. The maximum Gasteiger partial charge on any atom is 0.271 e. The molecule has 1 aromatic heterocycles. The number of hydrogen-bond acceptors (Lipinski definition) is 4. The number of anilines is 1. The van der Waals surface area contributed by atoms with E-state index in [0.29, 0.717) is 10.4 Å². The van der Waals surface area contributed by atoms with Crippen molar-refractivity contribution in [3.8, 4) is 6.07 Å². The average Bonchev–Trinajstić information content (AvgIpc) is 2.83. The second-order valence-corrected chi connectivity index (χ2v) is 6.79. The Morgan fingerprint density at radius 2 is 2.05 bits per heavy atom. The van der Waals surface area contributed by atoms with Crippen LogP contribution in [0.15, 0.2) is 34.5 Å². The van der Waals surface area contributed by atoms with E-state index in [-0.39, 0.29) is 9.90 Å². The van der Waals surface area contributed by atoms with Gasteiger partial charge in [0.05, 0.1) is 0 Å². The fourth-order valence-electron chi connectivity index (χ4n) is 1.44. The molecular weight excluding hydrogens is 287 g/mol. The summed E-state index contributed by atoms with van der Waals surface area (Å²) in [6, 6.07) is 8.63. The van der Waals surface area contributed by atoms with Crippen LogP contribution in [0.1, 0.15) is 10.4 Å². The quantitative estimate of drug-likeness (QED) is 0.946. The van der Waals surface area contributed by atoms with Crippen molar-refractivity contribution in [1.29, 1.82) is 5.26 Å². The van der Waals surface area contributed by atoms with E-state index in [2.05, 4.69) is 4.72 Å². The van der Waals surface area contributed by atoms with Gasteiger partial charge >= 0.3 is 0 Å². The van der Waals surface area contributed by atoms with E-state index >= 15 is 0 Å². The third-order valence-corrected chi connectivity index (χ3v) is 5.23. The van der Waals surface area contributed by atoms with Gasteiger partial charge in [0.25, 0.3) is 10.0 Å². The van der Waals surface area contributed by atoms with Gasteiger partial charge in [-0.2, -0.15) is 5.26 Å². The number of aryl methyl sites for hydroxylation is 1. The molecule has 0 saturated carbocycles. The average molecular weight is 296 g/mol. The predicted octanol–water partition coefficient (Wildman–Crippen LogP) is 2.87. The zero-order valence-electron chi connectivity index (χ0n) is 9.84. The zero-order chi connectivity index (χ0) is 14.0. The lowest BCUT2D eigenvalue weighted by Gasteiger charge is -2.07. The van der Waals surface area contributed by atoms with Crippen LogP contribution in [0.3, 0.4) is 0 Å². The van der Waals surface area contributed by atoms with Crippen molar-refractivity contribution in [3.63, 3.8) is 0 Å². The minimum Gasteiger partial charge on any atom is -0.279 e. The van der Waals surface area contributed by atoms with E-state index < -0.39 is 15.8 Å². The molecule has 19 heavy (non-hydrogen) atoms. The summed E-state index contributed by atoms with van der Waals surface area (Å²) in [5.41, 5.74) is 0.634. The van der Waals surface area contributed by atoms with Gasteiger partial charge in [-0.1, -0.05) is 0 Å². The summed E-state index contributed by atoms with van der Waals surface area (Å²) in [7, 11) is -3.74. The van der Waals surface area contributed by atoms with E-state index in [1.165, 1.54) is 30.3 Å². The number of sulfonamides is 1. The number of rotatable bonds is 3. The molecule has 1 N–H and O–H groups in total. The number of nitrogens with zero attached hydrogens (tertiary/aromatic N) is 1. The van der Waals surface area contributed by atoms with Gasteiger partial charge in [0, 0.05) is 5.69 Å². The standard InChI is InChI=1S/C12H9FN2O2S2/c1-8-6-9(2-4-11(8)13)15-19(16,17)12-5-3-10(7-14)18-12/h2-6,15H,1H3. The lowest BCUT2D eigenvalue weighted by Crippen LogP contribution is -2.11. The largest absolute Gasteiger partial charge is 0.279 e. The van der Waals surface area contributed by atoms with E-state index in [1.54, 1.807) is 6.92 Å². The molecule has 7 heteroatoms. The molecule has 98 valence electrons. The lowest BCUT2D eigenvalue weighted by molar-refractivity contribution is 0.602. The monoisotopic (exact) mass is 296 g/mol. The molecule has 0 aliphatic carbocycles. The van der Waals surface area contributed by atoms with Crippen molar-refractivity contribution in [3.05, 3.63) is 46.6 Å². The van der Waals surface area contributed by atoms with Crippen LogP contribution in [0.25, 0.3) is 0 Å². The third-order valence-electron chi connectivity index (χ3n) is 2.37. The molecule has 2 rings (SSSR count). The Balaban J connectivity index is 2.31. The van der Waals surface area contributed by atoms with Crippen LogP contribution in [0.4, 0.5) is 10.1 Å². The van der Waals surface area contributed by atoms with Crippen LogP contribution in [-0.2, 0) is 10.0 Å². The number of benzene rings is 1. The van der Waals surface area contributed by atoms with Crippen LogP contribution < -0.4 is 4.72 Å². The molecule has 0 amide bonds. The lowest BCUT2D eigenvalue weighted by atomic mass is 10.2. The summed E-state index contributed by atoms with van der Waals surface area (Å²) < 4.78 is 39.5. The van der Waals surface area contributed by atoms with E-state index in [0.717, 1.165) is 11.3 Å². The Morgan fingerprint density at radius 3 is 2.63 bits per heavy atom. The molecule has 0 spiro atoms. The summed E-state index contributed by atoms with van der Waals surface area (Å²) in [4.78, 5) is 0.315. The highest BCUT2D eigenvalue weighted by Gasteiger charge is 2.17. The maximum absolute atomic E-state index is 13.1. The molecular formula is C12H9FN2O2S2. The first-order chi connectivity index (χ1) is 8.92. The highest BCUT2D eigenvalue weighted by Crippen LogP contribution is 2.24. The second kappa shape index (κ2) is 4.99. The molecule has 0 fully saturated rings. The number of nitrogens with one attached hydrogen (secondary N) is 1. The van der Waals surface area contributed by atoms with Crippen molar-refractivity contribution >= 4 is 27.0 Å². The zero-order valence-corrected chi connectivity index (χ0v) is 11.5. The number of hydrogen-bond donors (Lipinski definition) is 1. The molecule has 2 aromatic rings. The van der Waals surface area contributed by atoms with Gasteiger partial charge in [0.15, 0.2) is 0 Å². The first-order valence-electron chi connectivity index (χ1n) is 5.21.